The zero-order valence-electron chi connectivity index (χ0n) is 14.6. The highest BCUT2D eigenvalue weighted by Crippen LogP contribution is 2.32. The van der Waals surface area contributed by atoms with Gasteiger partial charge in [0.05, 0.1) is 10.6 Å². The van der Waals surface area contributed by atoms with E-state index in [1.807, 2.05) is 32.2 Å². The quantitative estimate of drug-likeness (QED) is 0.666. The van der Waals surface area contributed by atoms with Gasteiger partial charge < -0.3 is 9.42 Å². The number of nitrogens with zero attached hydrogens (tertiary/aromatic N) is 4. The molecule has 1 unspecified atom stereocenters. The Hall–Kier alpha value is -2.28. The minimum Gasteiger partial charge on any atom is -0.355 e. The molecule has 0 aliphatic carbocycles. The fourth-order valence-electron chi connectivity index (χ4n) is 3.50. The molecular formula is C18H20N4O2S. The Morgan fingerprint density at radius 1 is 1.32 bits per heavy atom. The molecular weight excluding hydrogens is 336 g/mol. The van der Waals surface area contributed by atoms with Crippen molar-refractivity contribution in [3.05, 3.63) is 33.4 Å². The molecule has 1 aliphatic heterocycles. The lowest BCUT2D eigenvalue weighted by Gasteiger charge is -2.33. The number of Topliss-reactive ketones (excluding diaryl/α,β-unsaturated/α-hetero) is 1. The maximum atomic E-state index is 12.9. The van der Waals surface area contributed by atoms with E-state index >= 15 is 0 Å². The van der Waals surface area contributed by atoms with E-state index < -0.39 is 0 Å². The highest BCUT2D eigenvalue weighted by atomic mass is 32.1. The minimum absolute atomic E-state index is 0.00316. The maximum absolute atomic E-state index is 12.9. The second kappa shape index (κ2) is 6.22. The fourth-order valence-corrected chi connectivity index (χ4v) is 4.44. The van der Waals surface area contributed by atoms with Gasteiger partial charge >= 0.3 is 0 Å². The van der Waals surface area contributed by atoms with E-state index in [0.717, 1.165) is 46.7 Å². The molecule has 3 aromatic heterocycles. The van der Waals surface area contributed by atoms with E-state index in [2.05, 4.69) is 20.0 Å². The Balaban J connectivity index is 1.67. The van der Waals surface area contributed by atoms with Gasteiger partial charge in [-0.15, -0.1) is 11.3 Å². The van der Waals surface area contributed by atoms with Gasteiger partial charge in [-0.1, -0.05) is 5.16 Å². The van der Waals surface area contributed by atoms with E-state index in [1.54, 1.807) is 0 Å². The first-order chi connectivity index (χ1) is 12.0. The number of hydrogen-bond acceptors (Lipinski definition) is 7. The van der Waals surface area contributed by atoms with E-state index in [0.29, 0.717) is 18.1 Å². The number of carbonyl (C=O) groups is 1. The first kappa shape index (κ1) is 16.2. The van der Waals surface area contributed by atoms with Crippen molar-refractivity contribution < 1.29 is 9.32 Å². The average Bonchev–Trinajstić information content (AvgIpc) is 3.19. The molecule has 0 spiro atoms. The summed E-state index contributed by atoms with van der Waals surface area (Å²) in [5.41, 5.74) is 2.37. The number of carbonyl (C=O) groups excluding carboxylic acids is 1. The summed E-state index contributed by atoms with van der Waals surface area (Å²) in [6.07, 6.45) is 1.89. The lowest BCUT2D eigenvalue weighted by molar-refractivity contribution is 0.0911. The largest absolute Gasteiger partial charge is 0.355 e. The van der Waals surface area contributed by atoms with Crippen LogP contribution in [0.2, 0.25) is 0 Å². The fraction of sp³-hybridized carbons (Fsp3) is 0.444. The molecule has 1 fully saturated rings. The molecule has 130 valence electrons. The summed E-state index contributed by atoms with van der Waals surface area (Å²) >= 11 is 1.54. The smallest absolute Gasteiger partial charge is 0.263 e. The van der Waals surface area contributed by atoms with E-state index in [4.69, 9.17) is 4.52 Å². The molecule has 7 heteroatoms. The van der Waals surface area contributed by atoms with Gasteiger partial charge in [-0.25, -0.2) is 4.98 Å². The van der Waals surface area contributed by atoms with Crippen molar-refractivity contribution in [2.75, 3.05) is 18.0 Å². The number of aromatic nitrogens is 3. The summed E-state index contributed by atoms with van der Waals surface area (Å²) in [6.45, 7) is 7.30. The first-order valence-corrected chi connectivity index (χ1v) is 9.36. The zero-order chi connectivity index (χ0) is 17.6. The summed E-state index contributed by atoms with van der Waals surface area (Å²) in [5, 5.41) is 6.87. The standard InChI is InChI=1S/C18H20N4O2S/c1-10-6-8-25-16(10)15(23)13-5-4-7-22(9-13)17-14-11(2)21-24-18(14)20-12(3)19-17/h6,8,13H,4-5,7,9H2,1-3H3. The molecule has 0 aromatic carbocycles. The van der Waals surface area contributed by atoms with Crippen LogP contribution in [0.15, 0.2) is 16.0 Å². The van der Waals surface area contributed by atoms with Crippen molar-refractivity contribution in [2.24, 2.45) is 5.92 Å². The van der Waals surface area contributed by atoms with Crippen molar-refractivity contribution in [3.8, 4) is 0 Å². The van der Waals surface area contributed by atoms with Crippen LogP contribution in [0.5, 0.6) is 0 Å². The molecule has 1 aliphatic rings. The molecule has 6 nitrogen and oxygen atoms in total. The summed E-state index contributed by atoms with van der Waals surface area (Å²) < 4.78 is 5.32. The van der Waals surface area contributed by atoms with Crippen LogP contribution >= 0.6 is 11.3 Å². The van der Waals surface area contributed by atoms with Crippen molar-refractivity contribution in [2.45, 2.75) is 33.6 Å². The Morgan fingerprint density at radius 2 is 2.16 bits per heavy atom. The normalized spacial score (nSPS) is 18.0. The summed E-state index contributed by atoms with van der Waals surface area (Å²) in [7, 11) is 0. The lowest BCUT2D eigenvalue weighted by Crippen LogP contribution is -2.39. The van der Waals surface area contributed by atoms with Gasteiger partial charge in [0.1, 0.15) is 17.0 Å². The molecule has 0 bridgehead atoms. The van der Waals surface area contributed by atoms with Crippen molar-refractivity contribution >= 4 is 34.0 Å². The number of piperidine rings is 1. The van der Waals surface area contributed by atoms with E-state index in [-0.39, 0.29) is 11.7 Å². The number of rotatable bonds is 3. The van der Waals surface area contributed by atoms with Crippen LogP contribution in [0.3, 0.4) is 0 Å². The number of hydrogen-bond donors (Lipinski definition) is 0. The van der Waals surface area contributed by atoms with Gasteiger partial charge in [0.25, 0.3) is 5.71 Å². The Kier molecular flexibility index (Phi) is 4.03. The first-order valence-electron chi connectivity index (χ1n) is 8.48. The molecule has 0 radical (unpaired) electrons. The van der Waals surface area contributed by atoms with Gasteiger partial charge in [-0.05, 0) is 50.6 Å². The third kappa shape index (κ3) is 2.82. The molecule has 1 saturated heterocycles. The third-order valence-electron chi connectivity index (χ3n) is 4.78. The summed E-state index contributed by atoms with van der Waals surface area (Å²) in [4.78, 5) is 25.0. The molecule has 0 N–H and O–H groups in total. The molecule has 1 atom stereocenters. The number of thiophene rings is 1. The van der Waals surface area contributed by atoms with E-state index in [9.17, 15) is 4.79 Å². The minimum atomic E-state index is -0.00316. The van der Waals surface area contributed by atoms with Gasteiger partial charge in [0.15, 0.2) is 5.78 Å². The topological polar surface area (TPSA) is 72.1 Å². The van der Waals surface area contributed by atoms with Gasteiger partial charge in [0, 0.05) is 19.0 Å². The molecule has 3 aromatic rings. The average molecular weight is 356 g/mol. The molecule has 0 saturated carbocycles. The van der Waals surface area contributed by atoms with Crippen LogP contribution in [-0.4, -0.2) is 34.0 Å². The number of anilines is 1. The Bertz CT molecular complexity index is 946. The Morgan fingerprint density at radius 3 is 2.92 bits per heavy atom. The van der Waals surface area contributed by atoms with E-state index in [1.165, 1.54) is 11.3 Å². The van der Waals surface area contributed by atoms with Crippen LogP contribution in [0.4, 0.5) is 5.82 Å². The highest BCUT2D eigenvalue weighted by Gasteiger charge is 2.30. The second-order valence-corrected chi connectivity index (χ2v) is 7.54. The third-order valence-corrected chi connectivity index (χ3v) is 5.81. The Labute approximate surface area is 149 Å². The van der Waals surface area contributed by atoms with Gasteiger partial charge in [-0.3, -0.25) is 4.79 Å². The van der Waals surface area contributed by atoms with Crippen LogP contribution < -0.4 is 4.90 Å². The number of ketones is 1. The zero-order valence-corrected chi connectivity index (χ0v) is 15.4. The lowest BCUT2D eigenvalue weighted by atomic mass is 9.92. The maximum Gasteiger partial charge on any atom is 0.263 e. The predicted molar refractivity (Wildman–Crippen MR) is 97.4 cm³/mol. The monoisotopic (exact) mass is 356 g/mol. The number of aryl methyl sites for hydroxylation is 3. The van der Waals surface area contributed by atoms with Crippen LogP contribution in [-0.2, 0) is 0 Å². The van der Waals surface area contributed by atoms with Crippen molar-refractivity contribution in [1.29, 1.82) is 0 Å². The van der Waals surface area contributed by atoms with Crippen LogP contribution in [0, 0.1) is 26.7 Å². The molecule has 0 amide bonds. The van der Waals surface area contributed by atoms with Crippen molar-refractivity contribution in [3.63, 3.8) is 0 Å². The van der Waals surface area contributed by atoms with Crippen LogP contribution in [0.1, 0.15) is 39.6 Å². The molecule has 4 rings (SSSR count). The summed E-state index contributed by atoms with van der Waals surface area (Å²) in [5.74, 6) is 1.74. The predicted octanol–water partition coefficient (Wildman–Crippen LogP) is 3.70. The highest BCUT2D eigenvalue weighted by molar-refractivity contribution is 7.12. The van der Waals surface area contributed by atoms with Crippen molar-refractivity contribution in [1.82, 2.24) is 15.1 Å². The number of fused-ring (bicyclic) bond motifs is 1. The molecule has 25 heavy (non-hydrogen) atoms. The van der Waals surface area contributed by atoms with Gasteiger partial charge in [0.2, 0.25) is 0 Å². The van der Waals surface area contributed by atoms with Crippen LogP contribution in [0.25, 0.3) is 11.1 Å². The summed E-state index contributed by atoms with van der Waals surface area (Å²) in [6, 6.07) is 2.01. The molecule has 4 heterocycles. The van der Waals surface area contributed by atoms with Gasteiger partial charge in [-0.2, -0.15) is 4.98 Å². The SMILES string of the molecule is Cc1nc(N2CCCC(C(=O)c3sccc3C)C2)c2c(C)noc2n1. The second-order valence-electron chi connectivity index (χ2n) is 6.62.